The van der Waals surface area contributed by atoms with E-state index in [4.69, 9.17) is 11.6 Å². The molecule has 0 radical (unpaired) electrons. The average molecular weight is 488 g/mol. The maximum atomic E-state index is 13.1. The fourth-order valence-electron chi connectivity index (χ4n) is 2.86. The zero-order valence-electron chi connectivity index (χ0n) is 16.2. The van der Waals surface area contributed by atoms with Crippen molar-refractivity contribution in [3.8, 4) is 11.9 Å². The Morgan fingerprint density at radius 2 is 1.93 bits per heavy atom. The highest BCUT2D eigenvalue weighted by Gasteiger charge is 2.22. The summed E-state index contributed by atoms with van der Waals surface area (Å²) in [4.78, 5) is 29.8. The molecule has 152 valence electrons. The number of aromatic nitrogens is 3. The van der Waals surface area contributed by atoms with Gasteiger partial charge in [-0.2, -0.15) is 10.4 Å². The predicted molar refractivity (Wildman–Crippen MR) is 116 cm³/mol. The highest BCUT2D eigenvalue weighted by Crippen LogP contribution is 2.26. The van der Waals surface area contributed by atoms with Crippen LogP contribution in [0.2, 0.25) is 5.02 Å². The molecular weight excluding hydrogens is 472 g/mol. The van der Waals surface area contributed by atoms with Gasteiger partial charge >= 0.3 is 0 Å². The number of amides is 2. The number of hydrogen-bond acceptors (Lipinski definition) is 5. The largest absolute Gasteiger partial charge is 0.355 e. The lowest BCUT2D eigenvalue weighted by atomic mass is 10.0. The molecular formula is C20H16BrClN6O2. The first-order chi connectivity index (χ1) is 14.2. The first-order valence-corrected chi connectivity index (χ1v) is 9.89. The zero-order valence-corrected chi connectivity index (χ0v) is 18.6. The van der Waals surface area contributed by atoms with E-state index in [2.05, 4.69) is 36.6 Å². The van der Waals surface area contributed by atoms with E-state index in [1.165, 1.54) is 23.9 Å². The number of anilines is 1. The second kappa shape index (κ2) is 8.65. The van der Waals surface area contributed by atoms with E-state index < -0.39 is 11.8 Å². The monoisotopic (exact) mass is 486 g/mol. The lowest BCUT2D eigenvalue weighted by molar-refractivity contribution is 0.0964. The number of nitrogens with zero attached hydrogens (tertiary/aromatic N) is 4. The highest BCUT2D eigenvalue weighted by atomic mass is 79.9. The summed E-state index contributed by atoms with van der Waals surface area (Å²) in [5.74, 6) is -0.648. The summed E-state index contributed by atoms with van der Waals surface area (Å²) >= 11 is 9.54. The maximum Gasteiger partial charge on any atom is 0.274 e. The Labute approximate surface area is 186 Å². The summed E-state index contributed by atoms with van der Waals surface area (Å²) < 4.78 is 1.74. The third-order valence-electron chi connectivity index (χ3n) is 4.25. The van der Waals surface area contributed by atoms with Gasteiger partial charge in [-0.3, -0.25) is 9.59 Å². The molecule has 0 saturated heterocycles. The second-order valence-corrected chi connectivity index (χ2v) is 7.60. The van der Waals surface area contributed by atoms with Crippen LogP contribution in [0.25, 0.3) is 5.82 Å². The zero-order chi connectivity index (χ0) is 22.0. The van der Waals surface area contributed by atoms with E-state index in [1.807, 2.05) is 6.07 Å². The molecule has 0 atom stereocenters. The van der Waals surface area contributed by atoms with Crippen LogP contribution in [-0.4, -0.2) is 33.6 Å². The van der Waals surface area contributed by atoms with Gasteiger partial charge in [0.15, 0.2) is 5.82 Å². The third-order valence-corrected chi connectivity index (χ3v) is 4.94. The smallest absolute Gasteiger partial charge is 0.274 e. The molecule has 0 unspecified atom stereocenters. The van der Waals surface area contributed by atoms with Crippen molar-refractivity contribution in [1.82, 2.24) is 20.1 Å². The summed E-state index contributed by atoms with van der Waals surface area (Å²) in [6.45, 7) is 3.50. The molecule has 3 rings (SSSR count). The summed E-state index contributed by atoms with van der Waals surface area (Å²) in [5, 5.41) is 19.1. The summed E-state index contributed by atoms with van der Waals surface area (Å²) in [6, 6.07) is 9.97. The van der Waals surface area contributed by atoms with Crippen molar-refractivity contribution in [3.63, 3.8) is 0 Å². The molecule has 2 N–H and O–H groups in total. The van der Waals surface area contributed by atoms with Crippen molar-refractivity contribution < 1.29 is 9.59 Å². The van der Waals surface area contributed by atoms with Crippen LogP contribution in [0.15, 0.2) is 34.9 Å². The van der Waals surface area contributed by atoms with Crippen LogP contribution in [-0.2, 0) is 0 Å². The van der Waals surface area contributed by atoms with Gasteiger partial charge in [0.25, 0.3) is 11.8 Å². The number of hydrogen-bond donors (Lipinski definition) is 2. The number of benzene rings is 1. The van der Waals surface area contributed by atoms with Gasteiger partial charge in [0.1, 0.15) is 10.3 Å². The van der Waals surface area contributed by atoms with Crippen molar-refractivity contribution in [1.29, 1.82) is 5.26 Å². The Morgan fingerprint density at radius 1 is 1.20 bits per heavy atom. The van der Waals surface area contributed by atoms with E-state index in [9.17, 15) is 14.9 Å². The molecule has 0 bridgehead atoms. The van der Waals surface area contributed by atoms with Gasteiger partial charge in [0.2, 0.25) is 0 Å². The molecule has 3 aromatic rings. The molecule has 0 aliphatic carbocycles. The fraction of sp³-hybridized carbons (Fsp3) is 0.150. The van der Waals surface area contributed by atoms with Crippen LogP contribution in [0.1, 0.15) is 37.7 Å². The number of rotatable bonds is 4. The quantitative estimate of drug-likeness (QED) is 0.581. The van der Waals surface area contributed by atoms with E-state index >= 15 is 0 Å². The number of carbonyl (C=O) groups excluding carboxylic acids is 2. The number of nitrogens with one attached hydrogen (secondary N) is 2. The summed E-state index contributed by atoms with van der Waals surface area (Å²) in [7, 11) is 1.47. The first-order valence-electron chi connectivity index (χ1n) is 8.72. The van der Waals surface area contributed by atoms with E-state index in [-0.39, 0.29) is 11.3 Å². The van der Waals surface area contributed by atoms with Crippen molar-refractivity contribution in [2.75, 3.05) is 12.4 Å². The van der Waals surface area contributed by atoms with Gasteiger partial charge in [-0.05, 0) is 59.6 Å². The molecule has 0 aliphatic heterocycles. The van der Waals surface area contributed by atoms with Gasteiger partial charge in [0, 0.05) is 18.8 Å². The standard InChI is InChI=1S/C20H16BrClN6O2/c1-10-6-12(9-23)7-13(19(29)24-3)17(10)26-20(30)15-8-16(21)27-28(15)18-14(22)5-4-11(2)25-18/h4-8H,1-3H3,(H,24,29)(H,26,30). The minimum atomic E-state index is -0.523. The van der Waals surface area contributed by atoms with E-state index in [0.29, 0.717) is 38.0 Å². The van der Waals surface area contributed by atoms with Gasteiger partial charge in [-0.25, -0.2) is 9.67 Å². The summed E-state index contributed by atoms with van der Waals surface area (Å²) in [5.41, 5.74) is 2.22. The Morgan fingerprint density at radius 3 is 2.60 bits per heavy atom. The first kappa shape index (κ1) is 21.5. The molecule has 8 nitrogen and oxygen atoms in total. The van der Waals surface area contributed by atoms with Crippen LogP contribution < -0.4 is 10.6 Å². The number of pyridine rings is 1. The topological polar surface area (TPSA) is 113 Å². The lowest BCUT2D eigenvalue weighted by Gasteiger charge is -2.14. The van der Waals surface area contributed by atoms with Crippen LogP contribution in [0.5, 0.6) is 0 Å². The van der Waals surface area contributed by atoms with Crippen molar-refractivity contribution >= 4 is 45.0 Å². The molecule has 0 spiro atoms. The maximum absolute atomic E-state index is 13.1. The normalized spacial score (nSPS) is 10.4. The number of nitriles is 1. The van der Waals surface area contributed by atoms with Crippen LogP contribution in [0, 0.1) is 25.2 Å². The van der Waals surface area contributed by atoms with Gasteiger partial charge in [0.05, 0.1) is 27.9 Å². The molecule has 0 fully saturated rings. The summed E-state index contributed by atoms with van der Waals surface area (Å²) in [6.07, 6.45) is 0. The predicted octanol–water partition coefficient (Wildman–Crippen LogP) is 3.78. The van der Waals surface area contributed by atoms with Crippen LogP contribution in [0.3, 0.4) is 0 Å². The average Bonchev–Trinajstić information content (AvgIpc) is 3.11. The number of halogens is 2. The van der Waals surface area contributed by atoms with Crippen molar-refractivity contribution in [2.45, 2.75) is 13.8 Å². The van der Waals surface area contributed by atoms with Gasteiger partial charge in [-0.1, -0.05) is 11.6 Å². The molecule has 1 aromatic carbocycles. The lowest BCUT2D eigenvalue weighted by Crippen LogP contribution is -2.24. The Hall–Kier alpha value is -3.22. The Bertz CT molecular complexity index is 1210. The minimum absolute atomic E-state index is 0.161. The SMILES string of the molecule is CNC(=O)c1cc(C#N)cc(C)c1NC(=O)c1cc(Br)nn1-c1nc(C)ccc1Cl. The fourth-order valence-corrected chi connectivity index (χ4v) is 3.42. The second-order valence-electron chi connectivity index (χ2n) is 6.38. The minimum Gasteiger partial charge on any atom is -0.355 e. The molecule has 2 amide bonds. The highest BCUT2D eigenvalue weighted by molar-refractivity contribution is 9.10. The molecule has 10 heteroatoms. The van der Waals surface area contributed by atoms with Crippen molar-refractivity contribution in [2.24, 2.45) is 0 Å². The molecule has 2 heterocycles. The molecule has 2 aromatic heterocycles. The molecule has 0 aliphatic rings. The number of aryl methyl sites for hydroxylation is 2. The molecule has 0 saturated carbocycles. The Balaban J connectivity index is 2.08. The third kappa shape index (κ3) is 4.20. The van der Waals surface area contributed by atoms with E-state index in [1.54, 1.807) is 32.0 Å². The van der Waals surface area contributed by atoms with Crippen LogP contribution >= 0.6 is 27.5 Å². The van der Waals surface area contributed by atoms with Gasteiger partial charge in [-0.15, -0.1) is 0 Å². The Kier molecular flexibility index (Phi) is 6.20. The van der Waals surface area contributed by atoms with Gasteiger partial charge < -0.3 is 10.6 Å². The van der Waals surface area contributed by atoms with E-state index in [0.717, 1.165) is 0 Å². The van der Waals surface area contributed by atoms with Crippen LogP contribution in [0.4, 0.5) is 5.69 Å². The molecule has 30 heavy (non-hydrogen) atoms. The van der Waals surface area contributed by atoms with Crippen molar-refractivity contribution in [3.05, 3.63) is 68.0 Å². The number of carbonyl (C=O) groups is 2.